The summed E-state index contributed by atoms with van der Waals surface area (Å²) >= 11 is 1.39. The van der Waals surface area contributed by atoms with Crippen molar-refractivity contribution in [1.82, 2.24) is 15.6 Å². The highest BCUT2D eigenvalue weighted by Crippen LogP contribution is 2.40. The topological polar surface area (TPSA) is 162 Å². The number of benzene rings is 5. The Kier molecular flexibility index (Phi) is 13.2. The fourth-order valence-electron chi connectivity index (χ4n) is 7.24. The van der Waals surface area contributed by atoms with E-state index in [1.807, 2.05) is 0 Å². The largest absolute Gasteiger partial charge is 0.497 e. The normalized spacial score (nSPS) is 13.8. The second kappa shape index (κ2) is 18.7. The monoisotopic (exact) mass is 917 g/mol. The number of carbonyl (C=O) groups is 4. The third-order valence-corrected chi connectivity index (χ3v) is 12.9. The first kappa shape index (κ1) is 45.0. The molecule has 2 heterocycles. The van der Waals surface area contributed by atoms with Gasteiger partial charge in [-0.05, 0) is 90.0 Å². The molecule has 0 radical (unpaired) electrons. The van der Waals surface area contributed by atoms with E-state index >= 15 is 0 Å². The number of fused-ring (bicyclic) bond motifs is 2. The molecule has 0 spiro atoms. The third kappa shape index (κ3) is 9.92. The maximum Gasteiger partial charge on any atom is 0.327 e. The number of hydrogen-bond donors (Lipinski definition) is 2. The average molecular weight is 918 g/mol. The molecule has 0 fully saturated rings. The van der Waals surface area contributed by atoms with Crippen molar-refractivity contribution in [3.8, 4) is 5.75 Å². The van der Waals surface area contributed by atoms with Crippen LogP contribution in [-0.2, 0) is 42.2 Å². The van der Waals surface area contributed by atoms with Gasteiger partial charge in [-0.15, -0.1) is 11.3 Å². The van der Waals surface area contributed by atoms with Gasteiger partial charge in [-0.2, -0.15) is 8.42 Å². The van der Waals surface area contributed by atoms with Crippen LogP contribution in [0.1, 0.15) is 11.1 Å². The zero-order valence-electron chi connectivity index (χ0n) is 34.3. The van der Waals surface area contributed by atoms with E-state index in [1.54, 1.807) is 48.0 Å². The van der Waals surface area contributed by atoms with Crippen molar-refractivity contribution in [2.75, 3.05) is 52.7 Å². The van der Waals surface area contributed by atoms with E-state index in [2.05, 4.69) is 15.6 Å². The molecule has 7 rings (SSSR count). The van der Waals surface area contributed by atoms with Crippen molar-refractivity contribution in [2.45, 2.75) is 24.9 Å². The predicted molar refractivity (Wildman–Crippen MR) is 233 cm³/mol. The highest BCUT2D eigenvalue weighted by atomic mass is 32.2. The number of likely N-dealkylation sites (N-methyl/N-ethyl adjacent to an activating group) is 2. The minimum Gasteiger partial charge on any atom is -0.497 e. The molecule has 20 heteroatoms. The molecule has 1 aliphatic heterocycles. The van der Waals surface area contributed by atoms with Crippen LogP contribution in [0.4, 0.5) is 40.3 Å². The SMILES string of the molecule is COc1ccc(N(C)C(=O)C(Cc2cc(F)cc(F)c2)NC(=O)CN2c3ccccc3N(CC(=O)N[C@@H](Cc3cc(F)cc(F)c3)C(=O)N(C)c3ccc4scnc4c3)S2(=O)=O)cc1. The van der Waals surface area contributed by atoms with Crippen molar-refractivity contribution in [1.29, 1.82) is 0 Å². The summed E-state index contributed by atoms with van der Waals surface area (Å²) < 4.78 is 93.1. The Balaban J connectivity index is 1.11. The summed E-state index contributed by atoms with van der Waals surface area (Å²) in [6.07, 6.45) is -0.764. The third-order valence-electron chi connectivity index (χ3n) is 10.4. The number of nitrogens with one attached hydrogen (secondary N) is 2. The molecular formula is C44H39F4N7O7S2. The number of amides is 4. The fraction of sp³-hybridized carbons (Fsp3) is 0.205. The molecule has 0 saturated carbocycles. The van der Waals surface area contributed by atoms with Crippen molar-refractivity contribution in [3.63, 3.8) is 0 Å². The van der Waals surface area contributed by atoms with Gasteiger partial charge in [0.2, 0.25) is 23.6 Å². The summed E-state index contributed by atoms with van der Waals surface area (Å²) in [5, 5.41) is 5.07. The molecule has 2 N–H and O–H groups in total. The quantitative estimate of drug-likeness (QED) is 0.128. The first-order valence-corrected chi connectivity index (χ1v) is 21.7. The van der Waals surface area contributed by atoms with Crippen LogP contribution in [0.25, 0.3) is 10.2 Å². The standard InChI is InChI=1S/C44H39F4N7O7S2/c1-52(32-8-11-34(62-3)12-9-32)43(58)36(18-26-14-28(45)20-29(46)15-26)50-41(56)23-54-38-6-4-5-7-39(38)55(64(54,60)61)24-42(57)51-37(19-27-16-30(47)21-31(48)17-27)44(59)53(2)33-10-13-40-35(22-33)49-25-63-40/h4-17,20-22,25,36-37H,18-19,23-24H2,1-3H3,(H,50,56)(H,51,57)/t36?,37-/m0/s1. The van der Waals surface area contributed by atoms with Gasteiger partial charge in [0.15, 0.2) is 0 Å². The van der Waals surface area contributed by atoms with Gasteiger partial charge in [0.05, 0.1) is 34.2 Å². The number of ether oxygens (including phenoxy) is 1. The van der Waals surface area contributed by atoms with Gasteiger partial charge in [-0.1, -0.05) is 12.1 Å². The molecule has 1 unspecified atom stereocenters. The van der Waals surface area contributed by atoms with Crippen LogP contribution in [0, 0.1) is 23.3 Å². The van der Waals surface area contributed by atoms with Gasteiger partial charge in [-0.25, -0.2) is 31.2 Å². The zero-order valence-corrected chi connectivity index (χ0v) is 35.9. The lowest BCUT2D eigenvalue weighted by molar-refractivity contribution is -0.126. The second-order valence-corrected chi connectivity index (χ2v) is 17.4. The number of halogens is 4. The van der Waals surface area contributed by atoms with E-state index in [1.165, 1.54) is 66.6 Å². The smallest absolute Gasteiger partial charge is 0.327 e. The highest BCUT2D eigenvalue weighted by Gasteiger charge is 2.43. The van der Waals surface area contributed by atoms with E-state index in [9.17, 15) is 45.2 Å². The number of carbonyl (C=O) groups excluding carboxylic acids is 4. The molecule has 5 aromatic carbocycles. The van der Waals surface area contributed by atoms with Gasteiger partial charge >= 0.3 is 10.2 Å². The minimum atomic E-state index is -4.73. The number of hydrogen-bond acceptors (Lipinski definition) is 9. The van der Waals surface area contributed by atoms with Crippen molar-refractivity contribution < 1.29 is 49.9 Å². The van der Waals surface area contributed by atoms with Crippen LogP contribution in [0.15, 0.2) is 109 Å². The highest BCUT2D eigenvalue weighted by molar-refractivity contribution is 7.94. The Morgan fingerprint density at radius 1 is 0.672 bits per heavy atom. The zero-order chi connectivity index (χ0) is 45.9. The van der Waals surface area contributed by atoms with Crippen LogP contribution >= 0.6 is 11.3 Å². The van der Waals surface area contributed by atoms with Crippen molar-refractivity contribution in [2.24, 2.45) is 0 Å². The molecule has 64 heavy (non-hydrogen) atoms. The van der Waals surface area contributed by atoms with Crippen molar-refractivity contribution in [3.05, 3.63) is 143 Å². The van der Waals surface area contributed by atoms with Crippen LogP contribution in [0.5, 0.6) is 5.75 Å². The van der Waals surface area contributed by atoms with E-state index in [4.69, 9.17) is 4.74 Å². The molecule has 1 aliphatic rings. The number of methoxy groups -OCH3 is 1. The van der Waals surface area contributed by atoms with Crippen LogP contribution in [-0.4, -0.2) is 83.4 Å². The molecule has 1 aromatic heterocycles. The Morgan fingerprint density at radius 3 is 1.59 bits per heavy atom. The molecule has 332 valence electrons. The number of rotatable bonds is 15. The Morgan fingerprint density at radius 2 is 1.12 bits per heavy atom. The van der Waals surface area contributed by atoms with Crippen LogP contribution < -0.4 is 33.8 Å². The molecule has 14 nitrogen and oxygen atoms in total. The lowest BCUT2D eigenvalue weighted by atomic mass is 10.0. The number of aromatic nitrogens is 1. The minimum absolute atomic E-state index is 0.00341. The van der Waals surface area contributed by atoms with Crippen molar-refractivity contribution >= 4 is 78.1 Å². The molecule has 0 aliphatic carbocycles. The number of nitrogens with zero attached hydrogens (tertiary/aromatic N) is 5. The number of anilines is 4. The number of para-hydroxylation sites is 2. The first-order valence-electron chi connectivity index (χ1n) is 19.4. The van der Waals surface area contributed by atoms with E-state index in [0.29, 0.717) is 34.8 Å². The molecule has 0 bridgehead atoms. The van der Waals surface area contributed by atoms with E-state index in [-0.39, 0.29) is 35.3 Å². The van der Waals surface area contributed by atoms with E-state index in [0.717, 1.165) is 37.6 Å². The molecule has 6 aromatic rings. The van der Waals surface area contributed by atoms with Gasteiger partial charge in [0.25, 0.3) is 0 Å². The van der Waals surface area contributed by atoms with Gasteiger partial charge < -0.3 is 25.2 Å². The fourth-order valence-corrected chi connectivity index (χ4v) is 9.50. The Hall–Kier alpha value is -7.06. The lowest BCUT2D eigenvalue weighted by Gasteiger charge is -2.27. The Labute approximate surface area is 368 Å². The summed E-state index contributed by atoms with van der Waals surface area (Å²) in [4.78, 5) is 62.4. The lowest BCUT2D eigenvalue weighted by Crippen LogP contribution is -2.53. The first-order chi connectivity index (χ1) is 30.5. The van der Waals surface area contributed by atoms with Gasteiger partial charge in [0, 0.05) is 50.4 Å². The molecular weight excluding hydrogens is 879 g/mol. The summed E-state index contributed by atoms with van der Waals surface area (Å²) in [6, 6.07) is 19.6. The maximum absolute atomic E-state index is 14.3. The van der Waals surface area contributed by atoms with Crippen LogP contribution in [0.3, 0.4) is 0 Å². The second-order valence-electron chi connectivity index (χ2n) is 14.7. The Bertz CT molecular complexity index is 2830. The maximum atomic E-state index is 14.3. The average Bonchev–Trinajstić information content (AvgIpc) is 3.81. The molecule has 4 amide bonds. The number of thiazole rings is 1. The molecule has 2 atom stereocenters. The van der Waals surface area contributed by atoms with Gasteiger partial charge in [-0.3, -0.25) is 19.2 Å². The summed E-state index contributed by atoms with van der Waals surface area (Å²) in [6.45, 7) is -1.79. The van der Waals surface area contributed by atoms with E-state index < -0.39 is 82.3 Å². The van der Waals surface area contributed by atoms with Gasteiger partial charge in [0.1, 0.15) is 54.2 Å². The summed E-state index contributed by atoms with van der Waals surface area (Å²) in [7, 11) is -0.402. The summed E-state index contributed by atoms with van der Waals surface area (Å²) in [5.41, 5.74) is 3.08. The van der Waals surface area contributed by atoms with Crippen LogP contribution in [0.2, 0.25) is 0 Å². The molecule has 0 saturated heterocycles. The summed E-state index contributed by atoms with van der Waals surface area (Å²) in [5.74, 6) is -6.51. The predicted octanol–water partition coefficient (Wildman–Crippen LogP) is 5.51.